The number of halogens is 1. The van der Waals surface area contributed by atoms with Gasteiger partial charge in [0.2, 0.25) is 0 Å². The Morgan fingerprint density at radius 1 is 1.23 bits per heavy atom. The quantitative estimate of drug-likeness (QED) is 0.370. The zero-order chi connectivity index (χ0) is 21.6. The van der Waals surface area contributed by atoms with Crippen LogP contribution in [0.15, 0.2) is 47.4 Å². The predicted molar refractivity (Wildman–Crippen MR) is 125 cm³/mol. The van der Waals surface area contributed by atoms with Gasteiger partial charge in [-0.15, -0.1) is 11.8 Å². The maximum atomic E-state index is 13.7. The lowest BCUT2D eigenvalue weighted by Crippen LogP contribution is -2.35. The molecule has 31 heavy (non-hydrogen) atoms. The molecule has 1 atom stereocenters. The maximum absolute atomic E-state index is 13.7. The Labute approximate surface area is 187 Å². The average Bonchev–Trinajstić information content (AvgIpc) is 3.19. The van der Waals surface area contributed by atoms with Crippen molar-refractivity contribution < 1.29 is 9.13 Å². The number of hydrogen-bond donors (Lipinski definition) is 2. The number of thioether (sulfide) groups is 1. The van der Waals surface area contributed by atoms with E-state index < -0.39 is 0 Å². The smallest absolute Gasteiger partial charge is 0.141 e. The van der Waals surface area contributed by atoms with Crippen LogP contribution in [0.2, 0.25) is 0 Å². The van der Waals surface area contributed by atoms with Crippen molar-refractivity contribution in [3.8, 4) is 0 Å². The molecule has 3 N–H and O–H groups in total. The lowest BCUT2D eigenvalue weighted by molar-refractivity contribution is -0.0264. The summed E-state index contributed by atoms with van der Waals surface area (Å²) < 4.78 is 20.3. The summed E-state index contributed by atoms with van der Waals surface area (Å²) in [7, 11) is 2.15. The summed E-state index contributed by atoms with van der Waals surface area (Å²) in [6.45, 7) is 2.79. The van der Waals surface area contributed by atoms with Gasteiger partial charge in [-0.3, -0.25) is 0 Å². The summed E-state index contributed by atoms with van der Waals surface area (Å²) in [5.74, 6) is 1.49. The van der Waals surface area contributed by atoms with Gasteiger partial charge in [-0.25, -0.2) is 9.37 Å². The highest BCUT2D eigenvalue weighted by molar-refractivity contribution is 7.99. The largest absolute Gasteiger partial charge is 0.362 e. The van der Waals surface area contributed by atoms with Crippen molar-refractivity contribution in [2.24, 2.45) is 5.73 Å². The summed E-state index contributed by atoms with van der Waals surface area (Å²) in [6, 6.07) is 13.2. The molecule has 1 aromatic heterocycles. The first kappa shape index (κ1) is 22.3. The lowest BCUT2D eigenvalue weighted by atomic mass is 10.1. The van der Waals surface area contributed by atoms with E-state index in [0.29, 0.717) is 5.52 Å². The average molecular weight is 443 g/mol. The summed E-state index contributed by atoms with van der Waals surface area (Å²) in [5.41, 5.74) is 8.13. The van der Waals surface area contributed by atoms with Crippen LogP contribution in [0.3, 0.4) is 0 Å². The number of likely N-dealkylation sites (tertiary alicyclic amines) is 1. The van der Waals surface area contributed by atoms with Crippen LogP contribution >= 0.6 is 11.8 Å². The Kier molecular flexibility index (Phi) is 7.61. The number of nitrogens with two attached hydrogens (primary N) is 1. The molecule has 0 spiro atoms. The molecule has 3 aromatic rings. The zero-order valence-corrected chi connectivity index (χ0v) is 18.8. The van der Waals surface area contributed by atoms with Crippen LogP contribution in [0.4, 0.5) is 4.39 Å². The van der Waals surface area contributed by atoms with E-state index in [1.807, 2.05) is 11.8 Å². The fraction of sp³-hybridized carbons (Fsp3) is 0.458. The van der Waals surface area contributed by atoms with Gasteiger partial charge in [0.1, 0.15) is 17.7 Å². The Balaban J connectivity index is 1.60. The van der Waals surface area contributed by atoms with Gasteiger partial charge in [0.15, 0.2) is 0 Å². The summed E-state index contributed by atoms with van der Waals surface area (Å²) in [6.07, 6.45) is 4.01. The first-order chi connectivity index (χ1) is 15.1. The van der Waals surface area contributed by atoms with E-state index in [0.717, 1.165) is 68.0 Å². The van der Waals surface area contributed by atoms with Gasteiger partial charge in [-0.2, -0.15) is 0 Å². The number of aromatic nitrogens is 2. The van der Waals surface area contributed by atoms with Gasteiger partial charge in [-0.05, 0) is 74.9 Å². The van der Waals surface area contributed by atoms with Gasteiger partial charge in [0.25, 0.3) is 0 Å². The number of ether oxygens (including phenoxy) is 1. The monoisotopic (exact) mass is 442 g/mol. The fourth-order valence-corrected chi connectivity index (χ4v) is 4.92. The standard InChI is InChI=1S/C24H31FN4OS/c1-29-12-9-19(10-13-29)30-23(24-27-21-8-7-18(25)16-22(21)28-24)17-5-4-6-20(15-17)31-14-3-2-11-26/h4-8,15-16,19,23H,2-3,9-14,26H2,1H3,(H,27,28). The van der Waals surface area contributed by atoms with Crippen molar-refractivity contribution in [3.63, 3.8) is 0 Å². The van der Waals surface area contributed by atoms with Crippen LogP contribution in [0.1, 0.15) is 43.2 Å². The Morgan fingerprint density at radius 2 is 2.06 bits per heavy atom. The lowest BCUT2D eigenvalue weighted by Gasteiger charge is -2.31. The molecule has 1 aliphatic heterocycles. The van der Waals surface area contributed by atoms with Gasteiger partial charge in [0, 0.05) is 24.1 Å². The van der Waals surface area contributed by atoms with Crippen LogP contribution in [0.25, 0.3) is 11.0 Å². The van der Waals surface area contributed by atoms with Crippen molar-refractivity contribution in [1.29, 1.82) is 0 Å². The second kappa shape index (κ2) is 10.6. The topological polar surface area (TPSA) is 67.2 Å². The number of imidazole rings is 1. The van der Waals surface area contributed by atoms with Gasteiger partial charge in [-0.1, -0.05) is 12.1 Å². The second-order valence-electron chi connectivity index (χ2n) is 8.22. The molecule has 0 saturated carbocycles. The van der Waals surface area contributed by atoms with Crippen molar-refractivity contribution in [2.45, 2.75) is 42.8 Å². The summed E-state index contributed by atoms with van der Waals surface area (Å²) in [5, 5.41) is 0. The molecule has 1 saturated heterocycles. The Bertz CT molecular complexity index is 987. The molecule has 2 aromatic carbocycles. The molecule has 7 heteroatoms. The molecule has 0 amide bonds. The number of fused-ring (bicyclic) bond motifs is 1. The van der Waals surface area contributed by atoms with Gasteiger partial charge in [0.05, 0.1) is 17.1 Å². The first-order valence-electron chi connectivity index (χ1n) is 11.0. The number of nitrogens with one attached hydrogen (secondary N) is 1. The molecule has 0 radical (unpaired) electrons. The third kappa shape index (κ3) is 5.86. The van der Waals surface area contributed by atoms with Crippen LogP contribution < -0.4 is 5.73 Å². The number of unbranched alkanes of at least 4 members (excludes halogenated alkanes) is 1. The minimum atomic E-state index is -0.312. The first-order valence-corrected chi connectivity index (χ1v) is 12.0. The molecule has 0 bridgehead atoms. The van der Waals surface area contributed by atoms with Crippen molar-refractivity contribution in [1.82, 2.24) is 14.9 Å². The Hall–Kier alpha value is -1.93. The SMILES string of the molecule is CN1CCC(OC(c2cccc(SCCCCN)c2)c2nc3cc(F)ccc3[nH]2)CC1. The molecular weight excluding hydrogens is 411 g/mol. The van der Waals surface area contributed by atoms with Gasteiger partial charge >= 0.3 is 0 Å². The number of nitrogens with zero attached hydrogens (tertiary/aromatic N) is 2. The minimum Gasteiger partial charge on any atom is -0.362 e. The molecule has 1 fully saturated rings. The third-order valence-electron chi connectivity index (χ3n) is 5.73. The second-order valence-corrected chi connectivity index (χ2v) is 9.39. The summed E-state index contributed by atoms with van der Waals surface area (Å²) >= 11 is 1.84. The Morgan fingerprint density at radius 3 is 2.87 bits per heavy atom. The highest BCUT2D eigenvalue weighted by Crippen LogP contribution is 2.32. The highest BCUT2D eigenvalue weighted by Gasteiger charge is 2.26. The van der Waals surface area contributed by atoms with Gasteiger partial charge < -0.3 is 20.4 Å². The fourth-order valence-electron chi connectivity index (χ4n) is 3.94. The van der Waals surface area contributed by atoms with E-state index in [9.17, 15) is 4.39 Å². The van der Waals surface area contributed by atoms with Crippen LogP contribution in [-0.4, -0.2) is 53.4 Å². The van der Waals surface area contributed by atoms with Crippen LogP contribution in [-0.2, 0) is 4.74 Å². The molecule has 4 rings (SSSR count). The molecule has 5 nitrogen and oxygen atoms in total. The third-order valence-corrected chi connectivity index (χ3v) is 6.81. The number of hydrogen-bond acceptors (Lipinski definition) is 5. The molecule has 1 aliphatic rings. The van der Waals surface area contributed by atoms with E-state index in [1.54, 1.807) is 6.07 Å². The van der Waals surface area contributed by atoms with Crippen molar-refractivity contribution in [2.75, 3.05) is 32.4 Å². The van der Waals surface area contributed by atoms with E-state index >= 15 is 0 Å². The van der Waals surface area contributed by atoms with Crippen LogP contribution in [0, 0.1) is 5.82 Å². The van der Waals surface area contributed by atoms with Crippen molar-refractivity contribution in [3.05, 3.63) is 59.7 Å². The normalized spacial score (nSPS) is 16.7. The molecular formula is C24H31FN4OS. The van der Waals surface area contributed by atoms with E-state index in [4.69, 9.17) is 15.5 Å². The molecule has 2 heterocycles. The zero-order valence-electron chi connectivity index (χ0n) is 18.0. The van der Waals surface area contributed by atoms with Crippen molar-refractivity contribution >= 4 is 22.8 Å². The number of aromatic amines is 1. The van der Waals surface area contributed by atoms with E-state index in [1.165, 1.54) is 17.0 Å². The number of H-pyrrole nitrogens is 1. The molecule has 0 aliphatic carbocycles. The molecule has 166 valence electrons. The number of piperidine rings is 1. The highest BCUT2D eigenvalue weighted by atomic mass is 32.2. The maximum Gasteiger partial charge on any atom is 0.141 e. The number of rotatable bonds is 9. The van der Waals surface area contributed by atoms with Crippen LogP contribution in [0.5, 0.6) is 0 Å². The predicted octanol–water partition coefficient (Wildman–Crippen LogP) is 4.73. The summed E-state index contributed by atoms with van der Waals surface area (Å²) in [4.78, 5) is 11.6. The van der Waals surface area contributed by atoms with E-state index in [-0.39, 0.29) is 18.0 Å². The number of benzene rings is 2. The minimum absolute atomic E-state index is 0.173. The van der Waals surface area contributed by atoms with E-state index in [2.05, 4.69) is 41.2 Å². The molecule has 1 unspecified atom stereocenters.